The van der Waals surface area contributed by atoms with Gasteiger partial charge in [-0.05, 0) is 17.5 Å². The van der Waals surface area contributed by atoms with E-state index < -0.39 is 27.8 Å². The Kier molecular flexibility index (Phi) is 3.68. The maximum atomic E-state index is 12.6. The average molecular weight is 323 g/mol. The predicted octanol–water partition coefficient (Wildman–Crippen LogP) is 0.459. The summed E-state index contributed by atoms with van der Waals surface area (Å²) in [5.74, 6) is -2.19. The van der Waals surface area contributed by atoms with Crippen LogP contribution in [0.4, 0.5) is 0 Å². The SMILES string of the molecule is O=C(O)[C@@H]1Cc2ccccc2CN1C(=O)[C@H]1CCS(=O)(=O)C1. The highest BCUT2D eigenvalue weighted by Gasteiger charge is 2.41. The van der Waals surface area contributed by atoms with Gasteiger partial charge in [0.15, 0.2) is 9.84 Å². The van der Waals surface area contributed by atoms with Crippen molar-refractivity contribution in [2.75, 3.05) is 11.5 Å². The van der Waals surface area contributed by atoms with Gasteiger partial charge in [0.1, 0.15) is 6.04 Å². The Labute approximate surface area is 128 Å². The number of nitrogens with zero attached hydrogens (tertiary/aromatic N) is 1. The van der Waals surface area contributed by atoms with E-state index in [9.17, 15) is 23.1 Å². The Hall–Kier alpha value is -1.89. The minimum absolute atomic E-state index is 0.00553. The summed E-state index contributed by atoms with van der Waals surface area (Å²) < 4.78 is 23.1. The molecule has 7 heteroatoms. The first-order chi connectivity index (χ1) is 10.4. The number of carboxylic acid groups (broad SMARTS) is 1. The van der Waals surface area contributed by atoms with E-state index in [0.29, 0.717) is 0 Å². The van der Waals surface area contributed by atoms with Gasteiger partial charge in [-0.2, -0.15) is 0 Å². The van der Waals surface area contributed by atoms with Crippen LogP contribution in [0.15, 0.2) is 24.3 Å². The molecule has 0 spiro atoms. The normalized spacial score (nSPS) is 26.5. The summed E-state index contributed by atoms with van der Waals surface area (Å²) in [5.41, 5.74) is 1.85. The zero-order chi connectivity index (χ0) is 15.9. The third kappa shape index (κ3) is 2.72. The molecular formula is C15H17NO5S. The average Bonchev–Trinajstić information content (AvgIpc) is 2.85. The summed E-state index contributed by atoms with van der Waals surface area (Å²) in [6.07, 6.45) is 0.544. The molecule has 118 valence electrons. The molecule has 1 amide bonds. The smallest absolute Gasteiger partial charge is 0.326 e. The van der Waals surface area contributed by atoms with Gasteiger partial charge in [-0.1, -0.05) is 24.3 Å². The van der Waals surface area contributed by atoms with Crippen LogP contribution in [0.1, 0.15) is 17.5 Å². The van der Waals surface area contributed by atoms with Crippen molar-refractivity contribution in [2.45, 2.75) is 25.4 Å². The number of benzene rings is 1. The lowest BCUT2D eigenvalue weighted by Crippen LogP contribution is -2.50. The van der Waals surface area contributed by atoms with Crippen molar-refractivity contribution in [3.05, 3.63) is 35.4 Å². The van der Waals surface area contributed by atoms with Crippen molar-refractivity contribution < 1.29 is 23.1 Å². The molecule has 1 N–H and O–H groups in total. The molecule has 2 aliphatic rings. The van der Waals surface area contributed by atoms with Crippen molar-refractivity contribution in [1.29, 1.82) is 0 Å². The lowest BCUT2D eigenvalue weighted by Gasteiger charge is -2.35. The summed E-state index contributed by atoms with van der Waals surface area (Å²) in [6.45, 7) is 0.225. The van der Waals surface area contributed by atoms with Crippen LogP contribution in [-0.2, 0) is 32.4 Å². The molecule has 0 aromatic heterocycles. The van der Waals surface area contributed by atoms with E-state index in [1.807, 2.05) is 24.3 Å². The Balaban J connectivity index is 1.88. The summed E-state index contributed by atoms with van der Waals surface area (Å²) >= 11 is 0. The van der Waals surface area contributed by atoms with Crippen molar-refractivity contribution >= 4 is 21.7 Å². The Morgan fingerprint density at radius 1 is 1.18 bits per heavy atom. The minimum Gasteiger partial charge on any atom is -0.480 e. The van der Waals surface area contributed by atoms with Crippen LogP contribution in [0, 0.1) is 5.92 Å². The third-order valence-corrected chi connectivity index (χ3v) is 6.17. The quantitative estimate of drug-likeness (QED) is 0.853. The molecule has 6 nitrogen and oxygen atoms in total. The van der Waals surface area contributed by atoms with Crippen LogP contribution in [0.2, 0.25) is 0 Å². The maximum Gasteiger partial charge on any atom is 0.326 e. The number of hydrogen-bond donors (Lipinski definition) is 1. The number of carbonyl (C=O) groups is 2. The van der Waals surface area contributed by atoms with E-state index in [-0.39, 0.29) is 36.8 Å². The summed E-state index contributed by atoms with van der Waals surface area (Å²) in [7, 11) is -3.17. The molecule has 0 saturated carbocycles. The molecule has 2 atom stereocenters. The lowest BCUT2D eigenvalue weighted by atomic mass is 9.92. The summed E-state index contributed by atoms with van der Waals surface area (Å²) in [5, 5.41) is 9.42. The van der Waals surface area contributed by atoms with E-state index in [4.69, 9.17) is 0 Å². The van der Waals surface area contributed by atoms with Crippen LogP contribution in [0.25, 0.3) is 0 Å². The third-order valence-electron chi connectivity index (χ3n) is 4.40. The minimum atomic E-state index is -3.17. The van der Waals surface area contributed by atoms with Crippen LogP contribution in [-0.4, -0.2) is 47.8 Å². The second-order valence-electron chi connectivity index (χ2n) is 5.89. The Bertz CT molecular complexity index is 727. The molecule has 0 radical (unpaired) electrons. The first-order valence-electron chi connectivity index (χ1n) is 7.18. The molecule has 1 saturated heterocycles. The number of sulfone groups is 1. The van der Waals surface area contributed by atoms with Crippen molar-refractivity contribution in [3.63, 3.8) is 0 Å². The molecule has 0 unspecified atom stereocenters. The lowest BCUT2D eigenvalue weighted by molar-refractivity contribution is -0.153. The first-order valence-corrected chi connectivity index (χ1v) is 9.00. The highest BCUT2D eigenvalue weighted by molar-refractivity contribution is 7.91. The van der Waals surface area contributed by atoms with E-state index >= 15 is 0 Å². The van der Waals surface area contributed by atoms with Crippen LogP contribution in [0.3, 0.4) is 0 Å². The number of amides is 1. The highest BCUT2D eigenvalue weighted by Crippen LogP contribution is 2.28. The Morgan fingerprint density at radius 2 is 1.86 bits per heavy atom. The molecule has 1 aromatic carbocycles. The van der Waals surface area contributed by atoms with Gasteiger partial charge in [0.05, 0.1) is 17.4 Å². The number of carboxylic acids is 1. The molecule has 3 rings (SSSR count). The molecule has 2 heterocycles. The zero-order valence-electron chi connectivity index (χ0n) is 11.9. The van der Waals surface area contributed by atoms with Gasteiger partial charge < -0.3 is 10.0 Å². The van der Waals surface area contributed by atoms with Gasteiger partial charge in [0.25, 0.3) is 0 Å². The molecule has 0 aliphatic carbocycles. The van der Waals surface area contributed by atoms with E-state index in [0.717, 1.165) is 11.1 Å². The number of carbonyl (C=O) groups excluding carboxylic acids is 1. The second kappa shape index (κ2) is 5.39. The highest BCUT2D eigenvalue weighted by atomic mass is 32.2. The largest absolute Gasteiger partial charge is 0.480 e. The monoisotopic (exact) mass is 323 g/mol. The standard InChI is InChI=1S/C15H17NO5S/c17-14(12-5-6-22(20,21)9-12)16-8-11-4-2-1-3-10(11)7-13(16)15(18)19/h1-4,12-13H,5-9H2,(H,18,19)/t12-,13-/m0/s1. The number of fused-ring (bicyclic) bond motifs is 1. The van der Waals surface area contributed by atoms with Gasteiger partial charge in [0, 0.05) is 13.0 Å². The molecule has 1 fully saturated rings. The van der Waals surface area contributed by atoms with E-state index in [1.54, 1.807) is 0 Å². The van der Waals surface area contributed by atoms with Crippen LogP contribution in [0.5, 0.6) is 0 Å². The zero-order valence-corrected chi connectivity index (χ0v) is 12.8. The molecular weight excluding hydrogens is 306 g/mol. The molecule has 0 bridgehead atoms. The van der Waals surface area contributed by atoms with Crippen LogP contribution < -0.4 is 0 Å². The second-order valence-corrected chi connectivity index (χ2v) is 8.12. The molecule has 22 heavy (non-hydrogen) atoms. The topological polar surface area (TPSA) is 91.8 Å². The first kappa shape index (κ1) is 15.0. The van der Waals surface area contributed by atoms with Gasteiger partial charge in [-0.3, -0.25) is 4.79 Å². The number of rotatable bonds is 2. The number of hydrogen-bond acceptors (Lipinski definition) is 4. The molecule has 1 aromatic rings. The predicted molar refractivity (Wildman–Crippen MR) is 78.9 cm³/mol. The van der Waals surface area contributed by atoms with Gasteiger partial charge >= 0.3 is 5.97 Å². The summed E-state index contributed by atoms with van der Waals surface area (Å²) in [4.78, 5) is 25.4. The van der Waals surface area contributed by atoms with E-state index in [1.165, 1.54) is 4.90 Å². The number of aliphatic carboxylic acids is 1. The van der Waals surface area contributed by atoms with Crippen molar-refractivity contribution in [3.8, 4) is 0 Å². The maximum absolute atomic E-state index is 12.6. The molecule has 2 aliphatic heterocycles. The Morgan fingerprint density at radius 3 is 2.45 bits per heavy atom. The van der Waals surface area contributed by atoms with Crippen molar-refractivity contribution in [2.24, 2.45) is 5.92 Å². The van der Waals surface area contributed by atoms with Gasteiger partial charge in [0.2, 0.25) is 5.91 Å². The van der Waals surface area contributed by atoms with Gasteiger partial charge in [-0.15, -0.1) is 0 Å². The fourth-order valence-electron chi connectivity index (χ4n) is 3.20. The van der Waals surface area contributed by atoms with Crippen molar-refractivity contribution in [1.82, 2.24) is 4.90 Å². The van der Waals surface area contributed by atoms with Gasteiger partial charge in [-0.25, -0.2) is 13.2 Å². The van der Waals surface area contributed by atoms with Crippen LogP contribution >= 0.6 is 0 Å². The summed E-state index contributed by atoms with van der Waals surface area (Å²) in [6, 6.07) is 6.51. The fourth-order valence-corrected chi connectivity index (χ4v) is 4.93. The van der Waals surface area contributed by atoms with E-state index in [2.05, 4.69) is 0 Å². The fraction of sp³-hybridized carbons (Fsp3) is 0.467.